The summed E-state index contributed by atoms with van der Waals surface area (Å²) in [6.45, 7) is 2.24. The second-order valence-corrected chi connectivity index (χ2v) is 7.77. The summed E-state index contributed by atoms with van der Waals surface area (Å²) < 4.78 is 0. The van der Waals surface area contributed by atoms with E-state index in [0.717, 1.165) is 30.4 Å². The summed E-state index contributed by atoms with van der Waals surface area (Å²) in [6, 6.07) is 9.97. The average molecular weight is 356 g/mol. The van der Waals surface area contributed by atoms with Gasteiger partial charge in [0.1, 0.15) is 5.00 Å². The zero-order chi connectivity index (χ0) is 17.8. The van der Waals surface area contributed by atoms with E-state index in [4.69, 9.17) is 0 Å². The molecule has 0 saturated heterocycles. The van der Waals surface area contributed by atoms with Gasteiger partial charge in [-0.15, -0.1) is 11.3 Å². The van der Waals surface area contributed by atoms with Crippen LogP contribution in [0.5, 0.6) is 0 Å². The van der Waals surface area contributed by atoms with E-state index in [-0.39, 0.29) is 11.8 Å². The minimum Gasteiger partial charge on any atom is -0.355 e. The zero-order valence-corrected chi connectivity index (χ0v) is 15.5. The third kappa shape index (κ3) is 4.10. The average Bonchev–Trinajstić information content (AvgIpc) is 2.97. The number of carbonyl (C=O) groups excluding carboxylic acids is 2. The Morgan fingerprint density at radius 1 is 1.24 bits per heavy atom. The van der Waals surface area contributed by atoms with E-state index in [2.05, 4.69) is 17.6 Å². The first-order chi connectivity index (χ1) is 12.1. The lowest BCUT2D eigenvalue weighted by Gasteiger charge is -2.18. The maximum Gasteiger partial charge on any atom is 0.254 e. The van der Waals surface area contributed by atoms with Crippen LogP contribution in [0.15, 0.2) is 30.3 Å². The molecule has 0 aliphatic heterocycles. The Hall–Kier alpha value is -2.14. The fourth-order valence-electron chi connectivity index (χ4n) is 3.30. The number of hydrogen-bond donors (Lipinski definition) is 2. The number of aryl methyl sites for hydroxylation is 1. The smallest absolute Gasteiger partial charge is 0.254 e. The van der Waals surface area contributed by atoms with Crippen molar-refractivity contribution in [2.45, 2.75) is 39.0 Å². The highest BCUT2D eigenvalue weighted by molar-refractivity contribution is 7.17. The van der Waals surface area contributed by atoms with Crippen molar-refractivity contribution in [3.63, 3.8) is 0 Å². The van der Waals surface area contributed by atoms with E-state index in [1.165, 1.54) is 4.88 Å². The van der Waals surface area contributed by atoms with Gasteiger partial charge in [-0.1, -0.05) is 37.3 Å². The van der Waals surface area contributed by atoms with E-state index >= 15 is 0 Å². The Kier molecular flexibility index (Phi) is 5.53. The van der Waals surface area contributed by atoms with Gasteiger partial charge in [-0.05, 0) is 42.7 Å². The molecule has 1 aromatic carbocycles. The largest absolute Gasteiger partial charge is 0.355 e. The molecular weight excluding hydrogens is 332 g/mol. The first-order valence-corrected chi connectivity index (χ1v) is 9.60. The normalized spacial score (nSPS) is 16.2. The van der Waals surface area contributed by atoms with Crippen LogP contribution in [0.1, 0.15) is 46.1 Å². The summed E-state index contributed by atoms with van der Waals surface area (Å²) in [6.07, 6.45) is 4.11. The topological polar surface area (TPSA) is 58.2 Å². The highest BCUT2D eigenvalue weighted by Crippen LogP contribution is 2.39. The van der Waals surface area contributed by atoms with E-state index in [1.54, 1.807) is 18.4 Å². The first-order valence-electron chi connectivity index (χ1n) is 8.79. The summed E-state index contributed by atoms with van der Waals surface area (Å²) in [5.74, 6) is 0.483. The van der Waals surface area contributed by atoms with Crippen molar-refractivity contribution >= 4 is 28.2 Å². The molecule has 1 unspecified atom stereocenters. The molecule has 0 radical (unpaired) electrons. The predicted octanol–water partition coefficient (Wildman–Crippen LogP) is 3.80. The zero-order valence-electron chi connectivity index (χ0n) is 14.7. The molecule has 4 nitrogen and oxygen atoms in total. The summed E-state index contributed by atoms with van der Waals surface area (Å²) in [4.78, 5) is 26.0. The molecule has 2 aromatic rings. The Labute approximate surface area is 152 Å². The van der Waals surface area contributed by atoms with Crippen LogP contribution in [0.3, 0.4) is 0 Å². The Balaban J connectivity index is 1.75. The number of nitrogens with one attached hydrogen (secondary N) is 2. The van der Waals surface area contributed by atoms with Crippen molar-refractivity contribution in [1.82, 2.24) is 5.32 Å². The van der Waals surface area contributed by atoms with Gasteiger partial charge in [0.2, 0.25) is 5.91 Å². The maximum atomic E-state index is 12.4. The van der Waals surface area contributed by atoms with Gasteiger partial charge >= 0.3 is 0 Å². The van der Waals surface area contributed by atoms with Crippen LogP contribution in [0.25, 0.3) is 0 Å². The van der Waals surface area contributed by atoms with Crippen molar-refractivity contribution < 1.29 is 9.59 Å². The highest BCUT2D eigenvalue weighted by atomic mass is 32.1. The van der Waals surface area contributed by atoms with Crippen molar-refractivity contribution in [2.24, 2.45) is 5.92 Å². The van der Waals surface area contributed by atoms with E-state index in [1.807, 2.05) is 30.3 Å². The molecule has 3 rings (SSSR count). The Morgan fingerprint density at radius 2 is 2.00 bits per heavy atom. The van der Waals surface area contributed by atoms with Crippen molar-refractivity contribution in [3.8, 4) is 0 Å². The SMILES string of the molecule is CNC(=O)c1c(NC(=O)CCc2ccccc2)sc2c1CCC(C)C2. The number of anilines is 1. The summed E-state index contributed by atoms with van der Waals surface area (Å²) >= 11 is 1.57. The monoisotopic (exact) mass is 356 g/mol. The molecule has 2 N–H and O–H groups in total. The van der Waals surface area contributed by atoms with Gasteiger partial charge in [0.25, 0.3) is 5.91 Å². The molecule has 5 heteroatoms. The molecule has 0 spiro atoms. The first kappa shape index (κ1) is 17.7. The van der Waals surface area contributed by atoms with Gasteiger partial charge in [-0.25, -0.2) is 0 Å². The third-order valence-electron chi connectivity index (χ3n) is 4.70. The maximum absolute atomic E-state index is 12.4. The van der Waals surface area contributed by atoms with Crippen LogP contribution in [-0.4, -0.2) is 18.9 Å². The van der Waals surface area contributed by atoms with Crippen molar-refractivity contribution in [2.75, 3.05) is 12.4 Å². The van der Waals surface area contributed by atoms with Crippen molar-refractivity contribution in [3.05, 3.63) is 51.9 Å². The van der Waals surface area contributed by atoms with E-state index < -0.39 is 0 Å². The number of fused-ring (bicyclic) bond motifs is 1. The van der Waals surface area contributed by atoms with Gasteiger partial charge in [-0.3, -0.25) is 9.59 Å². The van der Waals surface area contributed by atoms with Gasteiger partial charge < -0.3 is 10.6 Å². The third-order valence-corrected chi connectivity index (χ3v) is 5.87. The molecule has 2 amide bonds. The molecule has 1 heterocycles. The molecular formula is C20H24N2O2S. The number of rotatable bonds is 5. The Morgan fingerprint density at radius 3 is 2.72 bits per heavy atom. The fourth-order valence-corrected chi connectivity index (χ4v) is 4.72. The quantitative estimate of drug-likeness (QED) is 0.856. The minimum absolute atomic E-state index is 0.0411. The lowest BCUT2D eigenvalue weighted by molar-refractivity contribution is -0.116. The molecule has 0 saturated carbocycles. The lowest BCUT2D eigenvalue weighted by Crippen LogP contribution is -2.22. The van der Waals surface area contributed by atoms with E-state index in [0.29, 0.717) is 29.3 Å². The second kappa shape index (κ2) is 7.83. The highest BCUT2D eigenvalue weighted by Gasteiger charge is 2.27. The molecule has 132 valence electrons. The minimum atomic E-state index is -0.106. The standard InChI is InChI=1S/C20H24N2O2S/c1-13-8-10-15-16(12-13)25-20(18(15)19(24)21-2)22-17(23)11-9-14-6-4-3-5-7-14/h3-7,13H,8-12H2,1-2H3,(H,21,24)(H,22,23). The lowest BCUT2D eigenvalue weighted by atomic mass is 9.88. The second-order valence-electron chi connectivity index (χ2n) is 6.67. The summed E-state index contributed by atoms with van der Waals surface area (Å²) in [7, 11) is 1.64. The van der Waals surface area contributed by atoms with Crippen molar-refractivity contribution in [1.29, 1.82) is 0 Å². The number of benzene rings is 1. The number of thiophene rings is 1. The number of amides is 2. The molecule has 1 aromatic heterocycles. The molecule has 25 heavy (non-hydrogen) atoms. The van der Waals surface area contributed by atoms with E-state index in [9.17, 15) is 9.59 Å². The number of carbonyl (C=O) groups is 2. The van der Waals surface area contributed by atoms with Gasteiger partial charge in [0.15, 0.2) is 0 Å². The predicted molar refractivity (Wildman–Crippen MR) is 102 cm³/mol. The van der Waals surface area contributed by atoms with Crippen LogP contribution in [-0.2, 0) is 24.1 Å². The summed E-state index contributed by atoms with van der Waals surface area (Å²) in [5, 5.41) is 6.41. The molecule has 0 bridgehead atoms. The van der Waals surface area contributed by atoms with Gasteiger partial charge in [-0.2, -0.15) is 0 Å². The van der Waals surface area contributed by atoms with Crippen LogP contribution in [0, 0.1) is 5.92 Å². The fraction of sp³-hybridized carbons (Fsp3) is 0.400. The van der Waals surface area contributed by atoms with Crippen LogP contribution in [0.2, 0.25) is 0 Å². The van der Waals surface area contributed by atoms with Crippen LogP contribution >= 0.6 is 11.3 Å². The molecule has 1 aliphatic rings. The molecule has 0 fully saturated rings. The van der Waals surface area contributed by atoms with Gasteiger partial charge in [0, 0.05) is 18.3 Å². The van der Waals surface area contributed by atoms with Crippen LogP contribution in [0.4, 0.5) is 5.00 Å². The van der Waals surface area contributed by atoms with Crippen LogP contribution < -0.4 is 10.6 Å². The molecule has 1 atom stereocenters. The molecule has 1 aliphatic carbocycles. The Bertz CT molecular complexity index is 768. The van der Waals surface area contributed by atoms with Gasteiger partial charge in [0.05, 0.1) is 5.56 Å². The summed E-state index contributed by atoms with van der Waals surface area (Å²) in [5.41, 5.74) is 2.94. The number of hydrogen-bond acceptors (Lipinski definition) is 3.